The van der Waals surface area contributed by atoms with Crippen LogP contribution in [0, 0.1) is 0 Å². The van der Waals surface area contributed by atoms with Crippen molar-refractivity contribution in [2.24, 2.45) is 0 Å². The van der Waals surface area contributed by atoms with Crippen LogP contribution >= 0.6 is 11.3 Å². The summed E-state index contributed by atoms with van der Waals surface area (Å²) in [5.74, 6) is 0. The topological polar surface area (TPSA) is 65.5 Å². The van der Waals surface area contributed by atoms with Crippen molar-refractivity contribution in [2.45, 2.75) is 51.7 Å². The highest BCUT2D eigenvalue weighted by atomic mass is 32.1. The van der Waals surface area contributed by atoms with Crippen molar-refractivity contribution in [1.82, 2.24) is 9.88 Å². The van der Waals surface area contributed by atoms with Crippen molar-refractivity contribution in [3.63, 3.8) is 0 Å². The smallest absolute Gasteiger partial charge is 0.323 e. The molecule has 2 rings (SSSR count). The van der Waals surface area contributed by atoms with Gasteiger partial charge in [0.25, 0.3) is 0 Å². The van der Waals surface area contributed by atoms with Crippen LogP contribution in [0.5, 0.6) is 0 Å². The SMILES string of the molecule is CCc1cnc(NC(=O)N2CCCC2C(C)(C)O)s1. The number of carbonyl (C=O) groups excluding carboxylic acids is 1. The monoisotopic (exact) mass is 283 g/mol. The number of nitrogens with one attached hydrogen (secondary N) is 1. The number of urea groups is 1. The molecule has 1 atom stereocenters. The molecular weight excluding hydrogens is 262 g/mol. The first-order chi connectivity index (χ1) is 8.91. The summed E-state index contributed by atoms with van der Waals surface area (Å²) in [6.07, 6.45) is 4.48. The summed E-state index contributed by atoms with van der Waals surface area (Å²) in [6.45, 7) is 6.25. The van der Waals surface area contributed by atoms with Crippen LogP contribution in [0.3, 0.4) is 0 Å². The van der Waals surface area contributed by atoms with Gasteiger partial charge in [-0.25, -0.2) is 9.78 Å². The number of amides is 2. The quantitative estimate of drug-likeness (QED) is 0.895. The summed E-state index contributed by atoms with van der Waals surface area (Å²) in [5, 5.41) is 13.6. The molecule has 1 aromatic rings. The van der Waals surface area contributed by atoms with E-state index in [1.807, 2.05) is 0 Å². The molecule has 19 heavy (non-hydrogen) atoms. The van der Waals surface area contributed by atoms with Crippen LogP contribution in [-0.4, -0.2) is 39.2 Å². The minimum atomic E-state index is -0.870. The lowest BCUT2D eigenvalue weighted by atomic mass is 9.97. The van der Waals surface area contributed by atoms with Crippen LogP contribution in [0.2, 0.25) is 0 Å². The van der Waals surface area contributed by atoms with E-state index in [9.17, 15) is 9.90 Å². The number of hydrogen-bond acceptors (Lipinski definition) is 4. The van der Waals surface area contributed by atoms with Gasteiger partial charge in [-0.1, -0.05) is 6.92 Å². The molecule has 1 aliphatic rings. The Morgan fingerprint density at radius 1 is 1.68 bits per heavy atom. The van der Waals surface area contributed by atoms with Crippen molar-refractivity contribution in [1.29, 1.82) is 0 Å². The van der Waals surface area contributed by atoms with Crippen LogP contribution in [0.1, 0.15) is 38.5 Å². The zero-order valence-corrected chi connectivity index (χ0v) is 12.5. The lowest BCUT2D eigenvalue weighted by molar-refractivity contribution is 0.0117. The molecule has 0 aliphatic carbocycles. The number of rotatable bonds is 3. The van der Waals surface area contributed by atoms with E-state index in [1.54, 1.807) is 24.9 Å². The van der Waals surface area contributed by atoms with Crippen LogP contribution < -0.4 is 5.32 Å². The van der Waals surface area contributed by atoms with E-state index in [1.165, 1.54) is 11.3 Å². The molecule has 106 valence electrons. The number of nitrogens with zero attached hydrogens (tertiary/aromatic N) is 2. The van der Waals surface area contributed by atoms with Gasteiger partial charge in [0.05, 0.1) is 11.6 Å². The summed E-state index contributed by atoms with van der Waals surface area (Å²) >= 11 is 1.50. The maximum atomic E-state index is 12.2. The summed E-state index contributed by atoms with van der Waals surface area (Å²) in [7, 11) is 0. The molecule has 5 nitrogen and oxygen atoms in total. The van der Waals surface area contributed by atoms with Crippen molar-refractivity contribution in [2.75, 3.05) is 11.9 Å². The molecule has 0 radical (unpaired) electrons. The van der Waals surface area contributed by atoms with Gasteiger partial charge < -0.3 is 10.0 Å². The van der Waals surface area contributed by atoms with Crippen LogP contribution in [0.4, 0.5) is 9.93 Å². The van der Waals surface area contributed by atoms with Gasteiger partial charge in [-0.2, -0.15) is 0 Å². The highest BCUT2D eigenvalue weighted by molar-refractivity contribution is 7.15. The molecule has 1 unspecified atom stereocenters. The average Bonchev–Trinajstić information content (AvgIpc) is 2.95. The van der Waals surface area contributed by atoms with Crippen LogP contribution in [-0.2, 0) is 6.42 Å². The number of carbonyl (C=O) groups is 1. The summed E-state index contributed by atoms with van der Waals surface area (Å²) in [4.78, 5) is 19.3. The number of hydrogen-bond donors (Lipinski definition) is 2. The van der Waals surface area contributed by atoms with E-state index in [4.69, 9.17) is 0 Å². The highest BCUT2D eigenvalue weighted by Gasteiger charge is 2.38. The van der Waals surface area contributed by atoms with Gasteiger partial charge >= 0.3 is 6.03 Å². The van der Waals surface area contributed by atoms with Crippen LogP contribution in [0.25, 0.3) is 0 Å². The Morgan fingerprint density at radius 3 is 3.00 bits per heavy atom. The van der Waals surface area contributed by atoms with E-state index in [0.29, 0.717) is 11.7 Å². The molecule has 0 saturated carbocycles. The Morgan fingerprint density at radius 2 is 2.42 bits per heavy atom. The standard InChI is InChI=1S/C13H21N3O2S/c1-4-9-8-14-11(19-9)15-12(17)16-7-5-6-10(16)13(2,3)18/h8,10,18H,4-7H2,1-3H3,(H,14,15,17). The summed E-state index contributed by atoms with van der Waals surface area (Å²) < 4.78 is 0. The van der Waals surface area contributed by atoms with Crippen LogP contribution in [0.15, 0.2) is 6.20 Å². The molecular formula is C13H21N3O2S. The maximum Gasteiger partial charge on any atom is 0.323 e. The van der Waals surface area contributed by atoms with Crippen molar-refractivity contribution < 1.29 is 9.90 Å². The van der Waals surface area contributed by atoms with E-state index in [2.05, 4.69) is 17.2 Å². The van der Waals surface area contributed by atoms with E-state index in [0.717, 1.165) is 24.1 Å². The van der Waals surface area contributed by atoms with E-state index >= 15 is 0 Å². The molecule has 6 heteroatoms. The van der Waals surface area contributed by atoms with E-state index in [-0.39, 0.29) is 12.1 Å². The highest BCUT2D eigenvalue weighted by Crippen LogP contribution is 2.28. The number of likely N-dealkylation sites (tertiary alicyclic amines) is 1. The molecule has 0 bridgehead atoms. The fourth-order valence-corrected chi connectivity index (χ4v) is 3.18. The second-order valence-electron chi connectivity index (χ2n) is 5.42. The molecule has 1 fully saturated rings. The Kier molecular flexibility index (Phi) is 4.10. The Bertz CT molecular complexity index is 453. The first kappa shape index (κ1) is 14.3. The second-order valence-corrected chi connectivity index (χ2v) is 6.54. The van der Waals surface area contributed by atoms with Gasteiger partial charge in [0, 0.05) is 17.6 Å². The molecule has 1 aliphatic heterocycles. The predicted molar refractivity (Wildman–Crippen MR) is 76.5 cm³/mol. The zero-order valence-electron chi connectivity index (χ0n) is 11.6. The Balaban J connectivity index is 2.03. The molecule has 2 N–H and O–H groups in total. The Labute approximate surface area is 117 Å². The third-order valence-electron chi connectivity index (χ3n) is 3.45. The minimum Gasteiger partial charge on any atom is -0.388 e. The molecule has 0 aromatic carbocycles. The normalized spacial score (nSPS) is 19.8. The zero-order chi connectivity index (χ0) is 14.0. The van der Waals surface area contributed by atoms with Gasteiger partial charge in [-0.05, 0) is 33.1 Å². The molecule has 2 amide bonds. The van der Waals surface area contributed by atoms with Crippen molar-refractivity contribution in [3.8, 4) is 0 Å². The summed E-state index contributed by atoms with van der Waals surface area (Å²) in [5.41, 5.74) is -0.870. The van der Waals surface area contributed by atoms with Gasteiger partial charge in [0.2, 0.25) is 0 Å². The second kappa shape index (κ2) is 5.46. The maximum absolute atomic E-state index is 12.2. The van der Waals surface area contributed by atoms with Gasteiger partial charge in [-0.3, -0.25) is 5.32 Å². The van der Waals surface area contributed by atoms with Gasteiger partial charge in [0.15, 0.2) is 5.13 Å². The lowest BCUT2D eigenvalue weighted by Crippen LogP contribution is -2.49. The number of thiazole rings is 1. The molecule has 1 aromatic heterocycles. The van der Waals surface area contributed by atoms with Crippen molar-refractivity contribution >= 4 is 22.5 Å². The predicted octanol–water partition coefficient (Wildman–Crippen LogP) is 2.47. The molecule has 0 spiro atoms. The van der Waals surface area contributed by atoms with Gasteiger partial charge in [-0.15, -0.1) is 11.3 Å². The fourth-order valence-electron chi connectivity index (χ4n) is 2.44. The Hall–Kier alpha value is -1.14. The largest absolute Gasteiger partial charge is 0.388 e. The van der Waals surface area contributed by atoms with Crippen molar-refractivity contribution in [3.05, 3.63) is 11.1 Å². The van der Waals surface area contributed by atoms with E-state index < -0.39 is 5.60 Å². The third-order valence-corrected chi connectivity index (χ3v) is 4.50. The first-order valence-electron chi connectivity index (χ1n) is 6.66. The molecule has 1 saturated heterocycles. The number of anilines is 1. The minimum absolute atomic E-state index is 0.127. The first-order valence-corrected chi connectivity index (χ1v) is 7.48. The number of aromatic nitrogens is 1. The lowest BCUT2D eigenvalue weighted by Gasteiger charge is -2.33. The third kappa shape index (κ3) is 3.25. The number of aliphatic hydroxyl groups is 1. The average molecular weight is 283 g/mol. The number of aryl methyl sites for hydroxylation is 1. The fraction of sp³-hybridized carbons (Fsp3) is 0.692. The summed E-state index contributed by atoms with van der Waals surface area (Å²) in [6, 6.07) is -0.292. The molecule has 2 heterocycles. The van der Waals surface area contributed by atoms with Gasteiger partial charge in [0.1, 0.15) is 0 Å².